The Labute approximate surface area is 132 Å². The van der Waals surface area contributed by atoms with Gasteiger partial charge in [-0.2, -0.15) is 5.10 Å². The minimum absolute atomic E-state index is 0.125. The monoisotopic (exact) mass is 299 g/mol. The van der Waals surface area contributed by atoms with Crippen LogP contribution in [0.25, 0.3) is 0 Å². The van der Waals surface area contributed by atoms with Gasteiger partial charge in [-0.25, -0.2) is 0 Å². The van der Waals surface area contributed by atoms with Gasteiger partial charge in [-0.1, -0.05) is 38.1 Å². The van der Waals surface area contributed by atoms with Crippen LogP contribution in [0.4, 0.5) is 0 Å². The molecule has 4 heteroatoms. The molecule has 0 spiro atoms. The van der Waals surface area contributed by atoms with Crippen molar-refractivity contribution in [3.63, 3.8) is 0 Å². The van der Waals surface area contributed by atoms with Gasteiger partial charge in [-0.15, -0.1) is 0 Å². The Morgan fingerprint density at radius 1 is 1.18 bits per heavy atom. The molecule has 1 heterocycles. The van der Waals surface area contributed by atoms with Crippen LogP contribution < -0.4 is 0 Å². The zero-order valence-electron chi connectivity index (χ0n) is 13.9. The second-order valence-electron chi connectivity index (χ2n) is 6.36. The maximum atomic E-state index is 12.3. The van der Waals surface area contributed by atoms with E-state index in [1.54, 1.807) is 15.8 Å². The summed E-state index contributed by atoms with van der Waals surface area (Å²) in [5.41, 5.74) is 3.44. The molecule has 2 rings (SSSR count). The summed E-state index contributed by atoms with van der Waals surface area (Å²) in [5, 5.41) is 4.12. The molecule has 1 aromatic heterocycles. The van der Waals surface area contributed by atoms with Crippen molar-refractivity contribution in [2.45, 2.75) is 33.2 Å². The molecule has 0 unspecified atom stereocenters. The van der Waals surface area contributed by atoms with Crippen LogP contribution in [0, 0.1) is 5.92 Å². The summed E-state index contributed by atoms with van der Waals surface area (Å²) in [4.78, 5) is 14.0. The van der Waals surface area contributed by atoms with E-state index in [-0.39, 0.29) is 5.91 Å². The highest BCUT2D eigenvalue weighted by Gasteiger charge is 2.11. The van der Waals surface area contributed by atoms with Crippen molar-refractivity contribution in [2.75, 3.05) is 7.05 Å². The molecule has 1 aromatic carbocycles. The summed E-state index contributed by atoms with van der Waals surface area (Å²) < 4.78 is 1.75. The topological polar surface area (TPSA) is 38.1 Å². The van der Waals surface area contributed by atoms with Gasteiger partial charge in [0.2, 0.25) is 5.91 Å². The maximum absolute atomic E-state index is 12.3. The molecule has 0 atom stereocenters. The molecule has 0 aliphatic rings. The second-order valence-corrected chi connectivity index (χ2v) is 6.36. The van der Waals surface area contributed by atoms with Crippen molar-refractivity contribution in [3.05, 3.63) is 53.3 Å². The van der Waals surface area contributed by atoms with Crippen LogP contribution in [-0.2, 0) is 31.2 Å². The van der Waals surface area contributed by atoms with Gasteiger partial charge in [0, 0.05) is 32.4 Å². The van der Waals surface area contributed by atoms with Crippen LogP contribution in [-0.4, -0.2) is 27.6 Å². The first-order valence-corrected chi connectivity index (χ1v) is 7.73. The van der Waals surface area contributed by atoms with Crippen molar-refractivity contribution < 1.29 is 4.79 Å². The predicted molar refractivity (Wildman–Crippen MR) is 88.4 cm³/mol. The lowest BCUT2D eigenvalue weighted by atomic mass is 10.0. The number of aromatic nitrogens is 2. The first-order valence-electron chi connectivity index (χ1n) is 7.73. The molecule has 0 aliphatic carbocycles. The highest BCUT2D eigenvalue weighted by Crippen LogP contribution is 2.11. The second kappa shape index (κ2) is 7.25. The first-order chi connectivity index (χ1) is 10.4. The number of amides is 1. The van der Waals surface area contributed by atoms with Crippen molar-refractivity contribution in [3.8, 4) is 0 Å². The van der Waals surface area contributed by atoms with E-state index in [0.717, 1.165) is 17.5 Å². The number of rotatable bonds is 6. The molecule has 118 valence electrons. The normalized spacial score (nSPS) is 11.0. The highest BCUT2D eigenvalue weighted by atomic mass is 16.2. The molecular weight excluding hydrogens is 274 g/mol. The highest BCUT2D eigenvalue weighted by molar-refractivity contribution is 5.78. The Balaban J connectivity index is 1.90. The summed E-state index contributed by atoms with van der Waals surface area (Å²) in [7, 11) is 3.71. The van der Waals surface area contributed by atoms with Crippen LogP contribution in [0.2, 0.25) is 0 Å². The summed E-state index contributed by atoms with van der Waals surface area (Å²) in [6.07, 6.45) is 5.25. The fraction of sp³-hybridized carbons (Fsp3) is 0.444. The minimum atomic E-state index is 0.125. The summed E-state index contributed by atoms with van der Waals surface area (Å²) in [5.74, 6) is 0.776. The summed E-state index contributed by atoms with van der Waals surface area (Å²) >= 11 is 0. The number of hydrogen-bond acceptors (Lipinski definition) is 2. The molecule has 0 aliphatic heterocycles. The van der Waals surface area contributed by atoms with Crippen LogP contribution in [0.5, 0.6) is 0 Å². The molecule has 2 aromatic rings. The molecule has 0 fully saturated rings. The van der Waals surface area contributed by atoms with Gasteiger partial charge in [0.15, 0.2) is 0 Å². The predicted octanol–water partition coefficient (Wildman–Crippen LogP) is 2.82. The quantitative estimate of drug-likeness (QED) is 0.822. The van der Waals surface area contributed by atoms with Gasteiger partial charge in [0.25, 0.3) is 0 Å². The maximum Gasteiger partial charge on any atom is 0.227 e. The van der Waals surface area contributed by atoms with E-state index < -0.39 is 0 Å². The van der Waals surface area contributed by atoms with E-state index in [1.165, 1.54) is 5.56 Å². The van der Waals surface area contributed by atoms with E-state index in [1.807, 2.05) is 20.3 Å². The average Bonchev–Trinajstić information content (AvgIpc) is 2.85. The molecule has 0 N–H and O–H groups in total. The number of carbonyl (C=O) groups excluding carboxylic acids is 1. The third kappa shape index (κ3) is 4.72. The number of benzene rings is 1. The van der Waals surface area contributed by atoms with Gasteiger partial charge >= 0.3 is 0 Å². The average molecular weight is 299 g/mol. The SMILES string of the molecule is CC(C)Cc1ccc(CC(=O)N(C)Cc2cnn(C)c2)cc1. The van der Waals surface area contributed by atoms with Gasteiger partial charge in [0.05, 0.1) is 12.6 Å². The zero-order chi connectivity index (χ0) is 16.1. The Hall–Kier alpha value is -2.10. The minimum Gasteiger partial charge on any atom is -0.341 e. The van der Waals surface area contributed by atoms with E-state index >= 15 is 0 Å². The van der Waals surface area contributed by atoms with Crippen molar-refractivity contribution in [1.82, 2.24) is 14.7 Å². The Bertz CT molecular complexity index is 614. The summed E-state index contributed by atoms with van der Waals surface area (Å²) in [6.45, 7) is 5.02. The number of hydrogen-bond donors (Lipinski definition) is 0. The molecule has 0 radical (unpaired) electrons. The number of aryl methyl sites for hydroxylation is 1. The van der Waals surface area contributed by atoms with Crippen LogP contribution in [0.1, 0.15) is 30.5 Å². The third-order valence-electron chi connectivity index (χ3n) is 3.63. The van der Waals surface area contributed by atoms with Crippen LogP contribution in [0.3, 0.4) is 0 Å². The van der Waals surface area contributed by atoms with E-state index in [4.69, 9.17) is 0 Å². The molecule has 1 amide bonds. The van der Waals surface area contributed by atoms with Crippen molar-refractivity contribution in [2.24, 2.45) is 13.0 Å². The van der Waals surface area contributed by atoms with Crippen LogP contribution in [0.15, 0.2) is 36.7 Å². The molecular formula is C18H25N3O. The Kier molecular flexibility index (Phi) is 5.36. The van der Waals surface area contributed by atoms with E-state index in [0.29, 0.717) is 18.9 Å². The van der Waals surface area contributed by atoms with Crippen molar-refractivity contribution in [1.29, 1.82) is 0 Å². The lowest BCUT2D eigenvalue weighted by Gasteiger charge is -2.16. The number of nitrogens with zero attached hydrogens (tertiary/aromatic N) is 3. The lowest BCUT2D eigenvalue weighted by molar-refractivity contribution is -0.129. The third-order valence-corrected chi connectivity index (χ3v) is 3.63. The molecule has 4 nitrogen and oxygen atoms in total. The van der Waals surface area contributed by atoms with Crippen molar-refractivity contribution >= 4 is 5.91 Å². The molecule has 0 saturated heterocycles. The van der Waals surface area contributed by atoms with E-state index in [2.05, 4.69) is 43.2 Å². The largest absolute Gasteiger partial charge is 0.341 e. The first kappa shape index (κ1) is 16.3. The number of carbonyl (C=O) groups is 1. The molecule has 0 saturated carbocycles. The fourth-order valence-electron chi connectivity index (χ4n) is 2.49. The Morgan fingerprint density at radius 3 is 2.36 bits per heavy atom. The zero-order valence-corrected chi connectivity index (χ0v) is 13.9. The van der Waals surface area contributed by atoms with Gasteiger partial charge < -0.3 is 4.90 Å². The Morgan fingerprint density at radius 2 is 1.82 bits per heavy atom. The standard InChI is InChI=1S/C18H25N3O/c1-14(2)9-15-5-7-16(8-6-15)10-18(22)20(3)12-17-11-19-21(4)13-17/h5-8,11,13-14H,9-10,12H2,1-4H3. The van der Waals surface area contributed by atoms with Gasteiger partial charge in [-0.3, -0.25) is 9.48 Å². The molecule has 0 bridgehead atoms. The number of likely N-dealkylation sites (N-methyl/N-ethyl adjacent to an activating group) is 1. The lowest BCUT2D eigenvalue weighted by Crippen LogP contribution is -2.27. The smallest absolute Gasteiger partial charge is 0.227 e. The van der Waals surface area contributed by atoms with Crippen LogP contribution >= 0.6 is 0 Å². The summed E-state index contributed by atoms with van der Waals surface area (Å²) in [6, 6.07) is 8.38. The molecule has 22 heavy (non-hydrogen) atoms. The van der Waals surface area contributed by atoms with E-state index in [9.17, 15) is 4.79 Å². The van der Waals surface area contributed by atoms with Gasteiger partial charge in [0.1, 0.15) is 0 Å². The fourth-order valence-corrected chi connectivity index (χ4v) is 2.49. The van der Waals surface area contributed by atoms with Gasteiger partial charge in [-0.05, 0) is 23.5 Å².